The van der Waals surface area contributed by atoms with Gasteiger partial charge in [-0.1, -0.05) is 44.2 Å². The number of amides is 1. The van der Waals surface area contributed by atoms with Gasteiger partial charge in [-0.05, 0) is 43.0 Å². The molecule has 0 saturated carbocycles. The smallest absolute Gasteiger partial charge is 0.331 e. The number of methoxy groups -OCH3 is 2. The maximum Gasteiger partial charge on any atom is 0.331 e. The summed E-state index contributed by atoms with van der Waals surface area (Å²) in [5.74, 6) is 0.363. The SMILES string of the molecule is CC[C@@H](C)c1ccccc1NC(=O)[C@@H](C)OC(=O)/C=C/c1cccc(OC)c1OC. The minimum Gasteiger partial charge on any atom is -0.493 e. The molecule has 0 spiro atoms. The van der Waals surface area contributed by atoms with Gasteiger partial charge < -0.3 is 19.5 Å². The molecule has 6 nitrogen and oxygen atoms in total. The van der Waals surface area contributed by atoms with Crippen molar-refractivity contribution in [2.75, 3.05) is 19.5 Å². The normalized spacial score (nSPS) is 12.8. The lowest BCUT2D eigenvalue weighted by Crippen LogP contribution is -2.29. The number of anilines is 1. The average Bonchev–Trinajstić information content (AvgIpc) is 2.76. The molecule has 2 aromatic carbocycles. The van der Waals surface area contributed by atoms with Crippen molar-refractivity contribution in [1.82, 2.24) is 0 Å². The third kappa shape index (κ3) is 5.86. The fraction of sp³-hybridized carbons (Fsp3) is 0.333. The number of hydrogen-bond donors (Lipinski definition) is 1. The highest BCUT2D eigenvalue weighted by Gasteiger charge is 2.19. The number of nitrogens with one attached hydrogen (secondary N) is 1. The van der Waals surface area contributed by atoms with Gasteiger partial charge in [-0.2, -0.15) is 0 Å². The number of hydrogen-bond acceptors (Lipinski definition) is 5. The van der Waals surface area contributed by atoms with Crippen LogP contribution in [0.5, 0.6) is 11.5 Å². The van der Waals surface area contributed by atoms with Crippen molar-refractivity contribution >= 4 is 23.6 Å². The molecular weight excluding hydrogens is 382 g/mol. The summed E-state index contributed by atoms with van der Waals surface area (Å²) in [5, 5.41) is 2.86. The van der Waals surface area contributed by atoms with Crippen LogP contribution in [-0.4, -0.2) is 32.2 Å². The molecule has 1 amide bonds. The summed E-state index contributed by atoms with van der Waals surface area (Å²) >= 11 is 0. The number of ether oxygens (including phenoxy) is 3. The van der Waals surface area contributed by atoms with Gasteiger partial charge in [0.1, 0.15) is 0 Å². The second-order valence-electron chi connectivity index (χ2n) is 6.88. The molecule has 0 unspecified atom stereocenters. The van der Waals surface area contributed by atoms with Crippen molar-refractivity contribution in [1.29, 1.82) is 0 Å². The van der Waals surface area contributed by atoms with Gasteiger partial charge in [0.15, 0.2) is 17.6 Å². The molecule has 1 N–H and O–H groups in total. The maximum absolute atomic E-state index is 12.5. The van der Waals surface area contributed by atoms with Crippen LogP contribution < -0.4 is 14.8 Å². The molecule has 0 heterocycles. The number of carbonyl (C=O) groups excluding carboxylic acids is 2. The Morgan fingerprint density at radius 3 is 2.43 bits per heavy atom. The molecule has 0 aliphatic rings. The summed E-state index contributed by atoms with van der Waals surface area (Å²) < 4.78 is 15.8. The first kappa shape index (κ1) is 23.0. The van der Waals surface area contributed by atoms with Crippen LogP contribution in [0.25, 0.3) is 6.08 Å². The van der Waals surface area contributed by atoms with Gasteiger partial charge in [-0.3, -0.25) is 4.79 Å². The molecular formula is C24H29NO5. The average molecular weight is 411 g/mol. The number of carbonyl (C=O) groups is 2. The monoisotopic (exact) mass is 411 g/mol. The van der Waals surface area contributed by atoms with E-state index in [-0.39, 0.29) is 5.91 Å². The lowest BCUT2D eigenvalue weighted by atomic mass is 9.97. The number of rotatable bonds is 9. The topological polar surface area (TPSA) is 73.9 Å². The number of benzene rings is 2. The van der Waals surface area contributed by atoms with E-state index in [4.69, 9.17) is 14.2 Å². The van der Waals surface area contributed by atoms with Crippen molar-refractivity contribution in [3.05, 3.63) is 59.7 Å². The van der Waals surface area contributed by atoms with Crippen molar-refractivity contribution in [3.63, 3.8) is 0 Å². The van der Waals surface area contributed by atoms with Gasteiger partial charge >= 0.3 is 5.97 Å². The van der Waals surface area contributed by atoms with Crippen molar-refractivity contribution < 1.29 is 23.8 Å². The zero-order valence-electron chi connectivity index (χ0n) is 18.1. The van der Waals surface area contributed by atoms with E-state index in [1.54, 1.807) is 38.3 Å². The molecule has 0 aromatic heterocycles. The Morgan fingerprint density at radius 1 is 1.03 bits per heavy atom. The van der Waals surface area contributed by atoms with Crippen molar-refractivity contribution in [2.45, 2.75) is 39.2 Å². The maximum atomic E-state index is 12.5. The second-order valence-corrected chi connectivity index (χ2v) is 6.88. The molecule has 160 valence electrons. The molecule has 6 heteroatoms. The van der Waals surface area contributed by atoms with Crippen LogP contribution in [0.4, 0.5) is 5.69 Å². The highest BCUT2D eigenvalue weighted by atomic mass is 16.5. The van der Waals surface area contributed by atoms with Crippen LogP contribution in [0.2, 0.25) is 0 Å². The molecule has 2 aromatic rings. The van der Waals surface area contributed by atoms with Crippen LogP contribution in [-0.2, 0) is 14.3 Å². The Labute approximate surface area is 177 Å². The highest BCUT2D eigenvalue weighted by Crippen LogP contribution is 2.31. The Morgan fingerprint density at radius 2 is 1.77 bits per heavy atom. The molecule has 2 rings (SSSR count). The van der Waals surface area contributed by atoms with Crippen LogP contribution in [0.3, 0.4) is 0 Å². The second kappa shape index (κ2) is 11.0. The summed E-state index contributed by atoms with van der Waals surface area (Å²) in [6, 6.07) is 13.0. The van der Waals surface area contributed by atoms with E-state index in [2.05, 4.69) is 19.2 Å². The lowest BCUT2D eigenvalue weighted by molar-refractivity contribution is -0.148. The number of para-hydroxylation sites is 2. The zero-order valence-corrected chi connectivity index (χ0v) is 18.1. The quantitative estimate of drug-likeness (QED) is 0.474. The molecule has 0 aliphatic heterocycles. The van der Waals surface area contributed by atoms with E-state index in [1.165, 1.54) is 13.2 Å². The van der Waals surface area contributed by atoms with Crippen LogP contribution in [0.15, 0.2) is 48.5 Å². The third-order valence-corrected chi connectivity index (χ3v) is 4.86. The fourth-order valence-electron chi connectivity index (χ4n) is 2.96. The molecule has 0 radical (unpaired) electrons. The van der Waals surface area contributed by atoms with Gasteiger partial charge in [-0.25, -0.2) is 4.79 Å². The van der Waals surface area contributed by atoms with E-state index in [9.17, 15) is 9.59 Å². The molecule has 0 saturated heterocycles. The summed E-state index contributed by atoms with van der Waals surface area (Å²) in [6.45, 7) is 5.74. The van der Waals surface area contributed by atoms with Gasteiger partial charge in [-0.15, -0.1) is 0 Å². The van der Waals surface area contributed by atoms with Crippen molar-refractivity contribution in [2.24, 2.45) is 0 Å². The summed E-state index contributed by atoms with van der Waals surface area (Å²) in [6.07, 6.45) is 2.83. The van der Waals surface area contributed by atoms with Crippen molar-refractivity contribution in [3.8, 4) is 11.5 Å². The Bertz CT molecular complexity index is 906. The first-order valence-corrected chi connectivity index (χ1v) is 9.90. The Kier molecular flexibility index (Phi) is 8.47. The van der Waals surface area contributed by atoms with Gasteiger partial charge in [0.2, 0.25) is 0 Å². The van der Waals surface area contributed by atoms with Crippen LogP contribution >= 0.6 is 0 Å². The van der Waals surface area contributed by atoms with E-state index in [0.29, 0.717) is 23.0 Å². The van der Waals surface area contributed by atoms with Gasteiger partial charge in [0.05, 0.1) is 14.2 Å². The standard InChI is InChI=1S/C24H29NO5/c1-6-16(2)19-11-7-8-12-20(19)25-24(27)17(3)30-22(26)15-14-18-10-9-13-21(28-4)23(18)29-5/h7-17H,6H2,1-5H3,(H,25,27)/b15-14+/t16-,17-/m1/s1. The van der Waals surface area contributed by atoms with Gasteiger partial charge in [0, 0.05) is 17.3 Å². The largest absolute Gasteiger partial charge is 0.493 e. The van der Waals surface area contributed by atoms with E-state index in [1.807, 2.05) is 24.3 Å². The lowest BCUT2D eigenvalue weighted by Gasteiger charge is -2.17. The molecule has 0 bridgehead atoms. The third-order valence-electron chi connectivity index (χ3n) is 4.86. The molecule has 0 fully saturated rings. The minimum absolute atomic E-state index is 0.306. The predicted octanol–water partition coefficient (Wildman–Crippen LogP) is 4.80. The van der Waals surface area contributed by atoms with Crippen LogP contribution in [0, 0.1) is 0 Å². The molecule has 0 aliphatic carbocycles. The van der Waals surface area contributed by atoms with E-state index in [0.717, 1.165) is 17.7 Å². The van der Waals surface area contributed by atoms with E-state index >= 15 is 0 Å². The summed E-state index contributed by atoms with van der Waals surface area (Å²) in [5.41, 5.74) is 2.45. The number of esters is 1. The fourth-order valence-corrected chi connectivity index (χ4v) is 2.96. The summed E-state index contributed by atoms with van der Waals surface area (Å²) in [7, 11) is 3.07. The van der Waals surface area contributed by atoms with Crippen LogP contribution in [0.1, 0.15) is 44.2 Å². The first-order chi connectivity index (χ1) is 14.4. The molecule has 30 heavy (non-hydrogen) atoms. The first-order valence-electron chi connectivity index (χ1n) is 9.90. The van der Waals surface area contributed by atoms with E-state index < -0.39 is 12.1 Å². The summed E-state index contributed by atoms with van der Waals surface area (Å²) in [4.78, 5) is 24.7. The minimum atomic E-state index is -0.945. The molecule has 2 atom stereocenters. The Hall–Kier alpha value is -3.28. The van der Waals surface area contributed by atoms with Gasteiger partial charge in [0.25, 0.3) is 5.91 Å². The zero-order chi connectivity index (χ0) is 22.1. The highest BCUT2D eigenvalue weighted by molar-refractivity contribution is 5.97. The predicted molar refractivity (Wildman–Crippen MR) is 118 cm³/mol. The Balaban J connectivity index is 2.03.